The predicted molar refractivity (Wildman–Crippen MR) is 134 cm³/mol. The number of benzene rings is 1. The van der Waals surface area contributed by atoms with Crippen LogP contribution in [0.15, 0.2) is 29.3 Å². The first-order valence-corrected chi connectivity index (χ1v) is 10.8. The van der Waals surface area contributed by atoms with Gasteiger partial charge in [0.05, 0.1) is 6.61 Å². The lowest BCUT2D eigenvalue weighted by Crippen LogP contribution is -2.49. The molecule has 0 aromatic heterocycles. The molecule has 1 aliphatic heterocycles. The van der Waals surface area contributed by atoms with Crippen LogP contribution in [0.1, 0.15) is 49.5 Å². The van der Waals surface area contributed by atoms with Gasteiger partial charge in [-0.1, -0.05) is 12.1 Å². The van der Waals surface area contributed by atoms with Crippen LogP contribution in [0.4, 0.5) is 4.79 Å². The van der Waals surface area contributed by atoms with Crippen LogP contribution in [-0.4, -0.2) is 73.6 Å². The number of halogens is 1. The number of likely N-dealkylation sites (tertiary alicyclic amines) is 1. The average Bonchev–Trinajstić information content (AvgIpc) is 2.78. The molecule has 1 aromatic carbocycles. The maximum absolute atomic E-state index is 12.4. The van der Waals surface area contributed by atoms with E-state index < -0.39 is 0 Å². The van der Waals surface area contributed by atoms with E-state index in [-0.39, 0.29) is 42.0 Å². The minimum atomic E-state index is -0.235. The van der Waals surface area contributed by atoms with Gasteiger partial charge >= 0.3 is 6.09 Å². The number of hydrogen-bond donors (Lipinski definition) is 2. The van der Waals surface area contributed by atoms with Gasteiger partial charge in [-0.2, -0.15) is 0 Å². The van der Waals surface area contributed by atoms with Crippen molar-refractivity contribution in [2.45, 2.75) is 46.2 Å². The molecule has 1 aromatic rings. The Hall–Kier alpha value is -2.04. The highest BCUT2D eigenvalue weighted by molar-refractivity contribution is 14.0. The molecule has 2 rings (SSSR count). The maximum atomic E-state index is 12.4. The van der Waals surface area contributed by atoms with Gasteiger partial charge in [-0.05, 0) is 51.3 Å². The monoisotopic (exact) mass is 545 g/mol. The lowest BCUT2D eigenvalue weighted by molar-refractivity contribution is 0.0772. The Bertz CT molecular complexity index is 714. The predicted octanol–water partition coefficient (Wildman–Crippen LogP) is 3.07. The van der Waals surface area contributed by atoms with E-state index in [2.05, 4.69) is 15.6 Å². The quantitative estimate of drug-likeness (QED) is 0.313. The molecule has 31 heavy (non-hydrogen) atoms. The number of hydrogen-bond acceptors (Lipinski definition) is 4. The summed E-state index contributed by atoms with van der Waals surface area (Å²) in [4.78, 5) is 32.1. The Balaban J connectivity index is 0.00000480. The summed E-state index contributed by atoms with van der Waals surface area (Å²) in [6.07, 6.45) is 1.46. The zero-order valence-electron chi connectivity index (χ0n) is 19.0. The Morgan fingerprint density at radius 1 is 1.13 bits per heavy atom. The second-order valence-electron chi connectivity index (χ2n) is 7.20. The highest BCUT2D eigenvalue weighted by atomic mass is 127. The van der Waals surface area contributed by atoms with Gasteiger partial charge in [0.1, 0.15) is 0 Å². The van der Waals surface area contributed by atoms with E-state index in [1.807, 2.05) is 49.9 Å². The molecular formula is C22H36IN5O3. The van der Waals surface area contributed by atoms with Crippen LogP contribution in [0.3, 0.4) is 0 Å². The highest BCUT2D eigenvalue weighted by Crippen LogP contribution is 2.12. The lowest BCUT2D eigenvalue weighted by Gasteiger charge is -2.32. The number of ether oxygens (including phenoxy) is 1. The highest BCUT2D eigenvalue weighted by Gasteiger charge is 2.24. The van der Waals surface area contributed by atoms with Crippen molar-refractivity contribution >= 4 is 41.9 Å². The van der Waals surface area contributed by atoms with E-state index in [1.165, 1.54) is 0 Å². The first kappa shape index (κ1) is 27.0. The van der Waals surface area contributed by atoms with Gasteiger partial charge in [0.15, 0.2) is 5.96 Å². The van der Waals surface area contributed by atoms with Crippen LogP contribution in [-0.2, 0) is 11.3 Å². The summed E-state index contributed by atoms with van der Waals surface area (Å²) in [6.45, 7) is 9.57. The summed E-state index contributed by atoms with van der Waals surface area (Å²) >= 11 is 0. The molecule has 1 aliphatic rings. The van der Waals surface area contributed by atoms with Crippen LogP contribution >= 0.6 is 24.0 Å². The van der Waals surface area contributed by atoms with Crippen molar-refractivity contribution < 1.29 is 14.3 Å². The number of carbonyl (C=O) groups is 2. The third-order valence-electron chi connectivity index (χ3n) is 5.30. The lowest BCUT2D eigenvalue weighted by atomic mass is 10.1. The molecule has 8 nitrogen and oxygen atoms in total. The van der Waals surface area contributed by atoms with Crippen molar-refractivity contribution in [2.24, 2.45) is 4.99 Å². The second-order valence-corrected chi connectivity index (χ2v) is 7.20. The Kier molecular flexibility index (Phi) is 12.3. The fourth-order valence-corrected chi connectivity index (χ4v) is 3.45. The van der Waals surface area contributed by atoms with E-state index in [0.717, 1.165) is 24.4 Å². The molecule has 0 atom stereocenters. The summed E-state index contributed by atoms with van der Waals surface area (Å²) in [5, 5.41) is 6.75. The molecular weight excluding hydrogens is 509 g/mol. The molecule has 0 radical (unpaired) electrons. The molecule has 1 fully saturated rings. The number of nitrogens with zero attached hydrogens (tertiary/aromatic N) is 3. The maximum Gasteiger partial charge on any atom is 0.409 e. The average molecular weight is 545 g/mol. The summed E-state index contributed by atoms with van der Waals surface area (Å²) in [5.41, 5.74) is 1.78. The van der Waals surface area contributed by atoms with Crippen LogP contribution in [0.2, 0.25) is 0 Å². The van der Waals surface area contributed by atoms with Gasteiger partial charge in [0.25, 0.3) is 5.91 Å². The molecule has 2 N–H and O–H groups in total. The summed E-state index contributed by atoms with van der Waals surface area (Å²) in [7, 11) is 1.74. The van der Waals surface area contributed by atoms with E-state index in [1.54, 1.807) is 11.9 Å². The van der Waals surface area contributed by atoms with Gasteiger partial charge < -0.3 is 25.2 Å². The van der Waals surface area contributed by atoms with Crippen molar-refractivity contribution in [3.63, 3.8) is 0 Å². The first-order valence-electron chi connectivity index (χ1n) is 10.8. The number of nitrogens with one attached hydrogen (secondary N) is 2. The molecule has 0 unspecified atom stereocenters. The van der Waals surface area contributed by atoms with Crippen molar-refractivity contribution in [1.29, 1.82) is 0 Å². The molecule has 0 aliphatic carbocycles. The Morgan fingerprint density at radius 2 is 1.74 bits per heavy atom. The number of rotatable bonds is 7. The number of carbonyl (C=O) groups excluding carboxylic acids is 2. The largest absolute Gasteiger partial charge is 0.450 e. The van der Waals surface area contributed by atoms with Gasteiger partial charge in [-0.25, -0.2) is 4.79 Å². The van der Waals surface area contributed by atoms with Gasteiger partial charge in [0.2, 0.25) is 0 Å². The molecule has 1 heterocycles. The fraction of sp³-hybridized carbons (Fsp3) is 0.591. The zero-order chi connectivity index (χ0) is 21.9. The van der Waals surface area contributed by atoms with Crippen molar-refractivity contribution in [2.75, 3.05) is 39.8 Å². The molecule has 0 bridgehead atoms. The van der Waals surface area contributed by atoms with Gasteiger partial charge in [-0.15, -0.1) is 24.0 Å². The van der Waals surface area contributed by atoms with Crippen molar-refractivity contribution in [1.82, 2.24) is 20.4 Å². The van der Waals surface area contributed by atoms with Crippen LogP contribution in [0.25, 0.3) is 0 Å². The SMILES string of the molecule is CCOC(=O)N1CCC(NC(=NC)NCc2ccc(C(=O)N(CC)CC)cc2)CC1.I. The van der Waals surface area contributed by atoms with Gasteiger partial charge in [0, 0.05) is 51.4 Å². The summed E-state index contributed by atoms with van der Waals surface area (Å²) < 4.78 is 5.06. The Labute approximate surface area is 202 Å². The number of piperidine rings is 1. The van der Waals surface area contributed by atoms with Crippen LogP contribution < -0.4 is 10.6 Å². The molecule has 2 amide bonds. The minimum Gasteiger partial charge on any atom is -0.450 e. The second kappa shape index (κ2) is 14.1. The number of aliphatic imine (C=N–C) groups is 1. The zero-order valence-corrected chi connectivity index (χ0v) is 21.3. The number of guanidine groups is 1. The smallest absolute Gasteiger partial charge is 0.409 e. The fourth-order valence-electron chi connectivity index (χ4n) is 3.45. The minimum absolute atomic E-state index is 0. The normalized spacial score (nSPS) is 14.5. The molecule has 1 saturated heterocycles. The number of amides is 2. The van der Waals surface area contributed by atoms with Crippen LogP contribution in [0, 0.1) is 0 Å². The van der Waals surface area contributed by atoms with E-state index >= 15 is 0 Å². The molecule has 9 heteroatoms. The van der Waals surface area contributed by atoms with Crippen molar-refractivity contribution in [3.05, 3.63) is 35.4 Å². The molecule has 0 spiro atoms. The van der Waals surface area contributed by atoms with Crippen LogP contribution in [0.5, 0.6) is 0 Å². The van der Waals surface area contributed by atoms with Crippen molar-refractivity contribution in [3.8, 4) is 0 Å². The topological polar surface area (TPSA) is 86.3 Å². The van der Waals surface area contributed by atoms with E-state index in [9.17, 15) is 9.59 Å². The molecule has 174 valence electrons. The summed E-state index contributed by atoms with van der Waals surface area (Å²) in [5.74, 6) is 0.791. The third kappa shape index (κ3) is 8.19. The standard InChI is InChI=1S/C22H35N5O3.HI/c1-5-26(6-2)20(28)18-10-8-17(9-11-18)16-24-21(23-4)25-19-12-14-27(15-13-19)22(29)30-7-3;/h8-11,19H,5-7,12-16H2,1-4H3,(H2,23,24,25);1H. The Morgan fingerprint density at radius 3 is 2.26 bits per heavy atom. The van der Waals surface area contributed by atoms with Gasteiger partial charge in [-0.3, -0.25) is 9.79 Å². The summed E-state index contributed by atoms with van der Waals surface area (Å²) in [6, 6.07) is 7.94. The van der Waals surface area contributed by atoms with E-state index in [4.69, 9.17) is 4.74 Å². The first-order chi connectivity index (χ1) is 14.5. The molecule has 0 saturated carbocycles. The van der Waals surface area contributed by atoms with E-state index in [0.29, 0.717) is 44.9 Å². The third-order valence-corrected chi connectivity index (χ3v) is 5.30.